The van der Waals surface area contributed by atoms with Crippen molar-refractivity contribution in [1.82, 2.24) is 5.32 Å². The van der Waals surface area contributed by atoms with Crippen LogP contribution in [0.4, 0.5) is 25.0 Å². The van der Waals surface area contributed by atoms with Crippen LogP contribution >= 0.6 is 0 Å². The van der Waals surface area contributed by atoms with Crippen molar-refractivity contribution in [1.29, 1.82) is 0 Å². The van der Waals surface area contributed by atoms with Crippen LogP contribution in [0.25, 0.3) is 0 Å². The molecular formula is C19H19F2N3O2. The van der Waals surface area contributed by atoms with E-state index in [0.717, 1.165) is 16.0 Å². The Morgan fingerprint density at radius 2 is 1.88 bits per heavy atom. The number of hydrogen-bond donors (Lipinski definition) is 2. The number of carbonyl (C=O) groups excluding carboxylic acids is 2. The number of benzene rings is 2. The zero-order valence-electron chi connectivity index (χ0n) is 14.0. The van der Waals surface area contributed by atoms with Gasteiger partial charge in [0.25, 0.3) is 6.43 Å². The summed E-state index contributed by atoms with van der Waals surface area (Å²) in [6.45, 7) is -0.218. The minimum atomic E-state index is -2.59. The van der Waals surface area contributed by atoms with Crippen molar-refractivity contribution in [3.63, 3.8) is 0 Å². The lowest BCUT2D eigenvalue weighted by atomic mass is 10.0. The molecule has 3 rings (SSSR count). The van der Waals surface area contributed by atoms with E-state index in [2.05, 4.69) is 10.6 Å². The number of aryl methyl sites for hydroxylation is 1. The maximum atomic E-state index is 12.7. The van der Waals surface area contributed by atoms with Crippen molar-refractivity contribution in [2.75, 3.05) is 16.8 Å². The molecule has 1 heterocycles. The quantitative estimate of drug-likeness (QED) is 0.858. The fourth-order valence-corrected chi connectivity index (χ4v) is 2.93. The molecule has 0 aliphatic carbocycles. The summed E-state index contributed by atoms with van der Waals surface area (Å²) in [7, 11) is 0. The minimum Gasteiger partial charge on any atom is -0.334 e. The van der Waals surface area contributed by atoms with Crippen molar-refractivity contribution < 1.29 is 18.4 Å². The van der Waals surface area contributed by atoms with Crippen LogP contribution < -0.4 is 15.5 Å². The lowest BCUT2D eigenvalue weighted by molar-refractivity contribution is -0.119. The average molecular weight is 359 g/mol. The maximum Gasteiger partial charge on any atom is 0.319 e. The van der Waals surface area contributed by atoms with E-state index in [9.17, 15) is 18.4 Å². The number of anilines is 2. The SMILES string of the molecule is O=C(NCc1ccccc1)Nc1ccc2c(c1)CCC(=O)N2CC(F)F. The highest BCUT2D eigenvalue weighted by molar-refractivity contribution is 5.97. The average Bonchev–Trinajstić information content (AvgIpc) is 2.63. The fraction of sp³-hybridized carbons (Fsp3) is 0.263. The van der Waals surface area contributed by atoms with Gasteiger partial charge in [-0.05, 0) is 35.7 Å². The summed E-state index contributed by atoms with van der Waals surface area (Å²) in [5.74, 6) is -0.306. The number of nitrogens with one attached hydrogen (secondary N) is 2. The van der Waals surface area contributed by atoms with Crippen LogP contribution in [-0.4, -0.2) is 24.9 Å². The number of fused-ring (bicyclic) bond motifs is 1. The fourth-order valence-electron chi connectivity index (χ4n) is 2.93. The van der Waals surface area contributed by atoms with Crippen LogP contribution in [0.1, 0.15) is 17.5 Å². The van der Waals surface area contributed by atoms with Crippen molar-refractivity contribution in [2.45, 2.75) is 25.8 Å². The van der Waals surface area contributed by atoms with Gasteiger partial charge in [0, 0.05) is 24.3 Å². The predicted octanol–water partition coefficient (Wildman–Crippen LogP) is 3.55. The van der Waals surface area contributed by atoms with Gasteiger partial charge >= 0.3 is 6.03 Å². The van der Waals surface area contributed by atoms with E-state index in [1.54, 1.807) is 18.2 Å². The van der Waals surface area contributed by atoms with Crippen LogP contribution in [-0.2, 0) is 17.8 Å². The van der Waals surface area contributed by atoms with Gasteiger partial charge in [0.1, 0.15) is 0 Å². The molecule has 0 saturated heterocycles. The van der Waals surface area contributed by atoms with E-state index in [1.807, 2.05) is 30.3 Å². The number of nitrogens with zero attached hydrogens (tertiary/aromatic N) is 1. The van der Waals surface area contributed by atoms with Crippen LogP contribution in [0, 0.1) is 0 Å². The molecule has 1 aliphatic rings. The molecule has 0 spiro atoms. The highest BCUT2D eigenvalue weighted by Gasteiger charge is 2.26. The number of urea groups is 1. The summed E-state index contributed by atoms with van der Waals surface area (Å²) >= 11 is 0. The summed E-state index contributed by atoms with van der Waals surface area (Å²) in [5.41, 5.74) is 2.79. The van der Waals surface area contributed by atoms with Gasteiger partial charge in [-0.15, -0.1) is 0 Å². The second-order valence-corrected chi connectivity index (χ2v) is 6.03. The first-order chi connectivity index (χ1) is 12.5. The molecule has 0 atom stereocenters. The highest BCUT2D eigenvalue weighted by Crippen LogP contribution is 2.30. The lowest BCUT2D eigenvalue weighted by Crippen LogP contribution is -2.38. The summed E-state index contributed by atoms with van der Waals surface area (Å²) in [6.07, 6.45) is -1.94. The monoisotopic (exact) mass is 359 g/mol. The number of halogens is 2. The van der Waals surface area contributed by atoms with Crippen molar-refractivity contribution in [3.05, 3.63) is 59.7 Å². The Morgan fingerprint density at radius 3 is 2.62 bits per heavy atom. The molecule has 0 bridgehead atoms. The molecule has 0 unspecified atom stereocenters. The summed E-state index contributed by atoms with van der Waals surface area (Å²) in [6, 6.07) is 14.1. The molecule has 0 saturated carbocycles. The molecule has 26 heavy (non-hydrogen) atoms. The number of rotatable bonds is 5. The molecule has 2 aromatic rings. The Morgan fingerprint density at radius 1 is 1.12 bits per heavy atom. The zero-order valence-corrected chi connectivity index (χ0v) is 14.0. The third-order valence-corrected chi connectivity index (χ3v) is 4.15. The van der Waals surface area contributed by atoms with E-state index < -0.39 is 13.0 Å². The number of carbonyl (C=O) groups is 2. The molecule has 0 aromatic heterocycles. The van der Waals surface area contributed by atoms with Gasteiger partial charge in [-0.25, -0.2) is 13.6 Å². The van der Waals surface area contributed by atoms with Gasteiger partial charge in [0.15, 0.2) is 0 Å². The molecule has 2 aromatic carbocycles. The van der Waals surface area contributed by atoms with Gasteiger partial charge in [-0.1, -0.05) is 30.3 Å². The zero-order chi connectivity index (χ0) is 18.5. The van der Waals surface area contributed by atoms with Gasteiger partial charge in [-0.3, -0.25) is 4.79 Å². The van der Waals surface area contributed by atoms with Crippen molar-refractivity contribution >= 4 is 23.3 Å². The summed E-state index contributed by atoms with van der Waals surface area (Å²) < 4.78 is 25.4. The third-order valence-electron chi connectivity index (χ3n) is 4.15. The maximum absolute atomic E-state index is 12.7. The van der Waals surface area contributed by atoms with Crippen LogP contribution in [0.15, 0.2) is 48.5 Å². The van der Waals surface area contributed by atoms with Gasteiger partial charge in [0.05, 0.1) is 6.54 Å². The van der Waals surface area contributed by atoms with E-state index >= 15 is 0 Å². The molecule has 136 valence electrons. The smallest absolute Gasteiger partial charge is 0.319 e. The number of amides is 3. The molecular weight excluding hydrogens is 340 g/mol. The van der Waals surface area contributed by atoms with Crippen LogP contribution in [0.5, 0.6) is 0 Å². The van der Waals surface area contributed by atoms with Crippen LogP contribution in [0.3, 0.4) is 0 Å². The Bertz CT molecular complexity index is 797. The molecule has 3 amide bonds. The molecule has 2 N–H and O–H groups in total. The van der Waals surface area contributed by atoms with Gasteiger partial charge in [-0.2, -0.15) is 0 Å². The second kappa shape index (κ2) is 7.95. The first-order valence-electron chi connectivity index (χ1n) is 8.33. The van der Waals surface area contributed by atoms with Gasteiger partial charge in [0.2, 0.25) is 5.91 Å². The van der Waals surface area contributed by atoms with Crippen molar-refractivity contribution in [3.8, 4) is 0 Å². The van der Waals surface area contributed by atoms with Gasteiger partial charge < -0.3 is 15.5 Å². The van der Waals surface area contributed by atoms with E-state index in [-0.39, 0.29) is 18.4 Å². The third kappa shape index (κ3) is 4.36. The number of alkyl halides is 2. The Labute approximate surface area is 150 Å². The Kier molecular flexibility index (Phi) is 5.46. The molecule has 1 aliphatic heterocycles. The molecule has 0 radical (unpaired) electrons. The van der Waals surface area contributed by atoms with E-state index in [4.69, 9.17) is 0 Å². The van der Waals surface area contributed by atoms with E-state index in [0.29, 0.717) is 24.3 Å². The topological polar surface area (TPSA) is 61.4 Å². The van der Waals surface area contributed by atoms with Crippen molar-refractivity contribution in [2.24, 2.45) is 0 Å². The molecule has 7 heteroatoms. The number of hydrogen-bond acceptors (Lipinski definition) is 2. The summed E-state index contributed by atoms with van der Waals surface area (Å²) in [5, 5.41) is 5.48. The summed E-state index contributed by atoms with van der Waals surface area (Å²) in [4.78, 5) is 25.0. The van der Waals surface area contributed by atoms with Crippen LogP contribution in [0.2, 0.25) is 0 Å². The lowest BCUT2D eigenvalue weighted by Gasteiger charge is -2.29. The second-order valence-electron chi connectivity index (χ2n) is 6.03. The predicted molar refractivity (Wildman–Crippen MR) is 95.4 cm³/mol. The first kappa shape index (κ1) is 17.8. The molecule has 5 nitrogen and oxygen atoms in total. The Balaban J connectivity index is 1.65. The largest absolute Gasteiger partial charge is 0.334 e. The first-order valence-corrected chi connectivity index (χ1v) is 8.33. The Hall–Kier alpha value is -2.96. The minimum absolute atomic E-state index is 0.184. The highest BCUT2D eigenvalue weighted by atomic mass is 19.3. The van der Waals surface area contributed by atoms with E-state index in [1.165, 1.54) is 0 Å². The standard InChI is InChI=1S/C19H19F2N3O2/c20-17(21)12-24-16-8-7-15(10-14(16)6-9-18(24)25)23-19(26)22-11-13-4-2-1-3-5-13/h1-5,7-8,10,17H,6,9,11-12H2,(H2,22,23,26). The molecule has 0 fully saturated rings. The normalized spacial score (nSPS) is 13.5.